The van der Waals surface area contributed by atoms with Crippen molar-refractivity contribution in [2.24, 2.45) is 23.7 Å². The van der Waals surface area contributed by atoms with Gasteiger partial charge in [-0.15, -0.1) is 0 Å². The molecule has 5 atom stereocenters. The number of aliphatic hydroxyl groups is 1. The molecular formula is C14H23NO4. The molecule has 1 aliphatic carbocycles. The average Bonchev–Trinajstić information content (AvgIpc) is 2.94. The SMILES string of the molecule is CC1CC(C(=O)O)C(C(=O)N2CCC(C(C)O)C2)C1. The summed E-state index contributed by atoms with van der Waals surface area (Å²) in [5.41, 5.74) is 0. The standard InChI is InChI=1S/C14H23NO4/c1-8-5-11(12(6-8)14(18)19)13(17)15-4-3-10(7-15)9(2)16/h8-12,16H,3-7H2,1-2H3,(H,18,19). The van der Waals surface area contributed by atoms with E-state index in [-0.39, 0.29) is 17.7 Å². The molecule has 0 aromatic carbocycles. The minimum Gasteiger partial charge on any atom is -0.481 e. The number of hydrogen-bond donors (Lipinski definition) is 2. The summed E-state index contributed by atoms with van der Waals surface area (Å²) in [5, 5.41) is 18.8. The smallest absolute Gasteiger partial charge is 0.307 e. The van der Waals surface area contributed by atoms with Crippen molar-refractivity contribution in [1.82, 2.24) is 4.90 Å². The van der Waals surface area contributed by atoms with Gasteiger partial charge in [0.2, 0.25) is 5.91 Å². The van der Waals surface area contributed by atoms with E-state index < -0.39 is 18.0 Å². The molecule has 1 heterocycles. The number of amides is 1. The number of carboxylic acids is 1. The van der Waals surface area contributed by atoms with E-state index in [2.05, 4.69) is 0 Å². The summed E-state index contributed by atoms with van der Waals surface area (Å²) >= 11 is 0. The maximum Gasteiger partial charge on any atom is 0.307 e. The number of aliphatic hydroxyl groups excluding tert-OH is 1. The van der Waals surface area contributed by atoms with Gasteiger partial charge in [0, 0.05) is 19.0 Å². The lowest BCUT2D eigenvalue weighted by Gasteiger charge is -2.23. The molecule has 1 amide bonds. The fourth-order valence-corrected chi connectivity index (χ4v) is 3.45. The minimum absolute atomic E-state index is 0.0279. The van der Waals surface area contributed by atoms with Crippen LogP contribution < -0.4 is 0 Å². The third kappa shape index (κ3) is 2.91. The Balaban J connectivity index is 2.01. The number of carboxylic acid groups (broad SMARTS) is 1. The van der Waals surface area contributed by atoms with Gasteiger partial charge in [-0.25, -0.2) is 0 Å². The Hall–Kier alpha value is -1.10. The summed E-state index contributed by atoms with van der Waals surface area (Å²) in [6.07, 6.45) is 1.67. The highest BCUT2D eigenvalue weighted by Gasteiger charge is 2.44. The number of carbonyl (C=O) groups is 2. The molecule has 0 aromatic rings. The van der Waals surface area contributed by atoms with Gasteiger partial charge in [-0.3, -0.25) is 9.59 Å². The second-order valence-corrected chi connectivity index (χ2v) is 6.20. The normalized spacial score (nSPS) is 36.5. The van der Waals surface area contributed by atoms with Crippen LogP contribution in [-0.4, -0.2) is 46.2 Å². The molecule has 1 saturated heterocycles. The highest BCUT2D eigenvalue weighted by Crippen LogP contribution is 2.38. The van der Waals surface area contributed by atoms with Crippen molar-refractivity contribution in [3.63, 3.8) is 0 Å². The van der Waals surface area contributed by atoms with Gasteiger partial charge in [-0.05, 0) is 32.1 Å². The third-order valence-electron chi connectivity index (χ3n) is 4.65. The molecule has 0 radical (unpaired) electrons. The largest absolute Gasteiger partial charge is 0.481 e. The van der Waals surface area contributed by atoms with Crippen LogP contribution in [0, 0.1) is 23.7 Å². The number of likely N-dealkylation sites (tertiary alicyclic amines) is 1. The molecule has 5 unspecified atom stereocenters. The van der Waals surface area contributed by atoms with E-state index in [1.54, 1.807) is 11.8 Å². The first-order chi connectivity index (χ1) is 8.90. The van der Waals surface area contributed by atoms with Crippen molar-refractivity contribution in [3.8, 4) is 0 Å². The second kappa shape index (κ2) is 5.49. The topological polar surface area (TPSA) is 77.8 Å². The lowest BCUT2D eigenvalue weighted by atomic mass is 9.95. The Morgan fingerprint density at radius 1 is 1.26 bits per heavy atom. The lowest BCUT2D eigenvalue weighted by molar-refractivity contribution is -0.148. The molecule has 2 N–H and O–H groups in total. The molecule has 2 rings (SSSR count). The molecule has 2 aliphatic rings. The van der Waals surface area contributed by atoms with E-state index in [1.807, 2.05) is 6.92 Å². The molecule has 0 spiro atoms. The highest BCUT2D eigenvalue weighted by atomic mass is 16.4. The predicted octanol–water partition coefficient (Wildman–Crippen LogP) is 0.963. The van der Waals surface area contributed by atoms with Gasteiger partial charge < -0.3 is 15.1 Å². The van der Waals surface area contributed by atoms with Crippen LogP contribution in [0.5, 0.6) is 0 Å². The summed E-state index contributed by atoms with van der Waals surface area (Å²) < 4.78 is 0. The zero-order chi connectivity index (χ0) is 14.2. The van der Waals surface area contributed by atoms with E-state index in [0.717, 1.165) is 6.42 Å². The summed E-state index contributed by atoms with van der Waals surface area (Å²) in [5.74, 6) is -1.36. The number of rotatable bonds is 3. The second-order valence-electron chi connectivity index (χ2n) is 6.20. The molecular weight excluding hydrogens is 246 g/mol. The van der Waals surface area contributed by atoms with Crippen LogP contribution in [0.3, 0.4) is 0 Å². The van der Waals surface area contributed by atoms with Gasteiger partial charge in [0.25, 0.3) is 0 Å². The first kappa shape index (κ1) is 14.3. The van der Waals surface area contributed by atoms with Crippen LogP contribution in [-0.2, 0) is 9.59 Å². The Bertz CT molecular complexity index is 368. The van der Waals surface area contributed by atoms with Gasteiger partial charge in [0.05, 0.1) is 17.9 Å². The van der Waals surface area contributed by atoms with E-state index >= 15 is 0 Å². The number of hydrogen-bond acceptors (Lipinski definition) is 3. The van der Waals surface area contributed by atoms with Crippen LogP contribution in [0.4, 0.5) is 0 Å². The molecule has 1 aliphatic heterocycles. The Morgan fingerprint density at radius 2 is 1.89 bits per heavy atom. The summed E-state index contributed by atoms with van der Waals surface area (Å²) in [7, 11) is 0. The maximum atomic E-state index is 12.5. The molecule has 0 aromatic heterocycles. The quantitative estimate of drug-likeness (QED) is 0.800. The van der Waals surface area contributed by atoms with Gasteiger partial charge in [0.15, 0.2) is 0 Å². The van der Waals surface area contributed by atoms with Crippen molar-refractivity contribution in [2.45, 2.75) is 39.2 Å². The molecule has 1 saturated carbocycles. The Kier molecular flexibility index (Phi) is 4.13. The van der Waals surface area contributed by atoms with E-state index in [9.17, 15) is 19.8 Å². The molecule has 19 heavy (non-hydrogen) atoms. The van der Waals surface area contributed by atoms with Gasteiger partial charge in [0.1, 0.15) is 0 Å². The van der Waals surface area contributed by atoms with Crippen LogP contribution >= 0.6 is 0 Å². The van der Waals surface area contributed by atoms with Crippen LogP contribution in [0.1, 0.15) is 33.1 Å². The highest BCUT2D eigenvalue weighted by molar-refractivity contribution is 5.85. The van der Waals surface area contributed by atoms with Crippen molar-refractivity contribution in [2.75, 3.05) is 13.1 Å². The van der Waals surface area contributed by atoms with Gasteiger partial charge in [-0.1, -0.05) is 6.92 Å². The summed E-state index contributed by atoms with van der Waals surface area (Å²) in [6.45, 7) is 4.96. The minimum atomic E-state index is -0.853. The van der Waals surface area contributed by atoms with Gasteiger partial charge >= 0.3 is 5.97 Å². The number of nitrogens with zero attached hydrogens (tertiary/aromatic N) is 1. The summed E-state index contributed by atoms with van der Waals surface area (Å²) in [4.78, 5) is 25.4. The maximum absolute atomic E-state index is 12.5. The van der Waals surface area contributed by atoms with Gasteiger partial charge in [-0.2, -0.15) is 0 Å². The van der Waals surface area contributed by atoms with Crippen molar-refractivity contribution in [3.05, 3.63) is 0 Å². The van der Waals surface area contributed by atoms with Crippen molar-refractivity contribution < 1.29 is 19.8 Å². The molecule has 108 valence electrons. The Morgan fingerprint density at radius 3 is 2.42 bits per heavy atom. The van der Waals surface area contributed by atoms with Crippen LogP contribution in [0.15, 0.2) is 0 Å². The fraction of sp³-hybridized carbons (Fsp3) is 0.857. The molecule has 2 fully saturated rings. The first-order valence-corrected chi connectivity index (χ1v) is 7.09. The monoisotopic (exact) mass is 269 g/mol. The molecule has 5 heteroatoms. The van der Waals surface area contributed by atoms with E-state index in [0.29, 0.717) is 31.8 Å². The number of carbonyl (C=O) groups excluding carboxylic acids is 1. The van der Waals surface area contributed by atoms with Crippen molar-refractivity contribution >= 4 is 11.9 Å². The zero-order valence-corrected chi connectivity index (χ0v) is 11.6. The van der Waals surface area contributed by atoms with E-state index in [4.69, 9.17) is 0 Å². The van der Waals surface area contributed by atoms with Crippen molar-refractivity contribution in [1.29, 1.82) is 0 Å². The van der Waals surface area contributed by atoms with Crippen LogP contribution in [0.2, 0.25) is 0 Å². The molecule has 5 nitrogen and oxygen atoms in total. The molecule has 0 bridgehead atoms. The Labute approximate surface area is 113 Å². The summed E-state index contributed by atoms with van der Waals surface area (Å²) in [6, 6.07) is 0. The lowest BCUT2D eigenvalue weighted by Crippen LogP contribution is -2.38. The van der Waals surface area contributed by atoms with E-state index in [1.165, 1.54) is 0 Å². The average molecular weight is 269 g/mol. The third-order valence-corrected chi connectivity index (χ3v) is 4.65. The van der Waals surface area contributed by atoms with Crippen LogP contribution in [0.25, 0.3) is 0 Å². The fourth-order valence-electron chi connectivity index (χ4n) is 3.45. The number of aliphatic carboxylic acids is 1. The first-order valence-electron chi connectivity index (χ1n) is 7.09. The zero-order valence-electron chi connectivity index (χ0n) is 11.6. The predicted molar refractivity (Wildman–Crippen MR) is 69.4 cm³/mol.